The minimum atomic E-state index is 0.415. The lowest BCUT2D eigenvalue weighted by Crippen LogP contribution is -2.38. The minimum Gasteiger partial charge on any atom is -0.312 e. The van der Waals surface area contributed by atoms with E-state index in [1.54, 1.807) is 0 Å². The summed E-state index contributed by atoms with van der Waals surface area (Å²) in [6.07, 6.45) is 1.11. The van der Waals surface area contributed by atoms with Crippen LogP contribution in [-0.4, -0.2) is 31.1 Å². The number of likely N-dealkylation sites (N-methyl/N-ethyl adjacent to an activating group) is 2. The highest BCUT2D eigenvalue weighted by molar-refractivity contribution is 5.25. The Morgan fingerprint density at radius 2 is 1.72 bits per heavy atom. The Kier molecular flexibility index (Phi) is 6.37. The van der Waals surface area contributed by atoms with E-state index in [0.29, 0.717) is 12.1 Å². The number of benzene rings is 1. The summed E-state index contributed by atoms with van der Waals surface area (Å²) in [6, 6.07) is 10.0. The standard InChI is InChI=1S/C16H28N2/c1-6-14-8-10-15(11-9-14)16(17-5)12-18(7-2)13(3)4/h8-11,13,16-17H,6-7,12H2,1-5H3. The summed E-state index contributed by atoms with van der Waals surface area (Å²) in [5.41, 5.74) is 2.79. The summed E-state index contributed by atoms with van der Waals surface area (Å²) >= 11 is 0. The van der Waals surface area contributed by atoms with E-state index >= 15 is 0 Å². The zero-order chi connectivity index (χ0) is 13.5. The Balaban J connectivity index is 2.75. The van der Waals surface area contributed by atoms with Crippen molar-refractivity contribution in [2.45, 2.75) is 46.2 Å². The Bertz CT molecular complexity index is 329. The largest absolute Gasteiger partial charge is 0.312 e. The highest BCUT2D eigenvalue weighted by Crippen LogP contribution is 2.16. The quantitative estimate of drug-likeness (QED) is 0.797. The van der Waals surface area contributed by atoms with Crippen molar-refractivity contribution in [2.75, 3.05) is 20.1 Å². The van der Waals surface area contributed by atoms with Crippen molar-refractivity contribution in [2.24, 2.45) is 0 Å². The Hall–Kier alpha value is -0.860. The molecule has 0 bridgehead atoms. The molecule has 0 amide bonds. The third-order valence-electron chi connectivity index (χ3n) is 3.69. The van der Waals surface area contributed by atoms with Crippen LogP contribution in [0.4, 0.5) is 0 Å². The molecule has 1 rings (SSSR count). The van der Waals surface area contributed by atoms with E-state index in [1.807, 2.05) is 7.05 Å². The van der Waals surface area contributed by atoms with Crippen LogP contribution >= 0.6 is 0 Å². The first-order valence-corrected chi connectivity index (χ1v) is 7.12. The topological polar surface area (TPSA) is 15.3 Å². The SMILES string of the molecule is CCc1ccc(C(CN(CC)C(C)C)NC)cc1. The molecule has 1 N–H and O–H groups in total. The van der Waals surface area contributed by atoms with E-state index in [-0.39, 0.29) is 0 Å². The fourth-order valence-corrected chi connectivity index (χ4v) is 2.29. The first-order chi connectivity index (χ1) is 8.62. The molecular formula is C16H28N2. The van der Waals surface area contributed by atoms with Crippen molar-refractivity contribution < 1.29 is 0 Å². The van der Waals surface area contributed by atoms with Gasteiger partial charge >= 0.3 is 0 Å². The number of hydrogen-bond donors (Lipinski definition) is 1. The minimum absolute atomic E-state index is 0.415. The number of nitrogens with one attached hydrogen (secondary N) is 1. The lowest BCUT2D eigenvalue weighted by molar-refractivity contribution is 0.210. The molecule has 1 unspecified atom stereocenters. The van der Waals surface area contributed by atoms with Gasteiger partial charge in [-0.3, -0.25) is 4.90 Å². The van der Waals surface area contributed by atoms with E-state index in [1.165, 1.54) is 11.1 Å². The molecule has 1 aromatic carbocycles. The average Bonchev–Trinajstić information content (AvgIpc) is 2.40. The normalized spacial score (nSPS) is 13.3. The van der Waals surface area contributed by atoms with Crippen LogP contribution < -0.4 is 5.32 Å². The monoisotopic (exact) mass is 248 g/mol. The van der Waals surface area contributed by atoms with Crippen LogP contribution in [0.2, 0.25) is 0 Å². The van der Waals surface area contributed by atoms with Gasteiger partial charge in [0.2, 0.25) is 0 Å². The molecule has 102 valence electrons. The molecular weight excluding hydrogens is 220 g/mol. The number of hydrogen-bond acceptors (Lipinski definition) is 2. The lowest BCUT2D eigenvalue weighted by Gasteiger charge is -2.29. The highest BCUT2D eigenvalue weighted by atomic mass is 15.2. The van der Waals surface area contributed by atoms with Crippen molar-refractivity contribution in [1.29, 1.82) is 0 Å². The van der Waals surface area contributed by atoms with Crippen LogP contribution in [0.1, 0.15) is 44.9 Å². The van der Waals surface area contributed by atoms with Gasteiger partial charge in [-0.15, -0.1) is 0 Å². The van der Waals surface area contributed by atoms with Crippen LogP contribution in [0.3, 0.4) is 0 Å². The van der Waals surface area contributed by atoms with Gasteiger partial charge in [0.15, 0.2) is 0 Å². The molecule has 0 aromatic heterocycles. The third-order valence-corrected chi connectivity index (χ3v) is 3.69. The van der Waals surface area contributed by atoms with Gasteiger partial charge in [-0.05, 0) is 45.0 Å². The molecule has 0 aliphatic rings. The van der Waals surface area contributed by atoms with Crippen molar-refractivity contribution in [1.82, 2.24) is 10.2 Å². The molecule has 1 atom stereocenters. The van der Waals surface area contributed by atoms with Crippen LogP contribution in [0, 0.1) is 0 Å². The summed E-state index contributed by atoms with van der Waals surface area (Å²) < 4.78 is 0. The number of nitrogens with zero attached hydrogens (tertiary/aromatic N) is 1. The molecule has 2 heteroatoms. The van der Waals surface area contributed by atoms with Gasteiger partial charge in [0, 0.05) is 18.6 Å². The van der Waals surface area contributed by atoms with Crippen molar-refractivity contribution in [3.05, 3.63) is 35.4 Å². The smallest absolute Gasteiger partial charge is 0.0446 e. The van der Waals surface area contributed by atoms with E-state index in [9.17, 15) is 0 Å². The maximum atomic E-state index is 3.43. The van der Waals surface area contributed by atoms with Gasteiger partial charge in [-0.25, -0.2) is 0 Å². The van der Waals surface area contributed by atoms with Gasteiger partial charge in [-0.2, -0.15) is 0 Å². The maximum absolute atomic E-state index is 3.43. The van der Waals surface area contributed by atoms with Crippen molar-refractivity contribution in [3.63, 3.8) is 0 Å². The lowest BCUT2D eigenvalue weighted by atomic mass is 10.0. The molecule has 0 fully saturated rings. The molecule has 0 saturated carbocycles. The fourth-order valence-electron chi connectivity index (χ4n) is 2.29. The van der Waals surface area contributed by atoms with E-state index in [2.05, 4.69) is 62.2 Å². The van der Waals surface area contributed by atoms with Crippen LogP contribution in [0.25, 0.3) is 0 Å². The molecule has 0 aliphatic carbocycles. The second kappa shape index (κ2) is 7.55. The molecule has 0 spiro atoms. The van der Waals surface area contributed by atoms with Crippen molar-refractivity contribution >= 4 is 0 Å². The molecule has 18 heavy (non-hydrogen) atoms. The average molecular weight is 248 g/mol. The number of rotatable bonds is 7. The first-order valence-electron chi connectivity index (χ1n) is 7.12. The molecule has 2 nitrogen and oxygen atoms in total. The highest BCUT2D eigenvalue weighted by Gasteiger charge is 2.15. The van der Waals surface area contributed by atoms with Gasteiger partial charge in [0.05, 0.1) is 0 Å². The Labute approximate surface area is 112 Å². The zero-order valence-corrected chi connectivity index (χ0v) is 12.5. The van der Waals surface area contributed by atoms with Gasteiger partial charge < -0.3 is 5.32 Å². The molecule has 0 saturated heterocycles. The fraction of sp³-hybridized carbons (Fsp3) is 0.625. The maximum Gasteiger partial charge on any atom is 0.0446 e. The zero-order valence-electron chi connectivity index (χ0n) is 12.5. The predicted molar refractivity (Wildman–Crippen MR) is 80.0 cm³/mol. The summed E-state index contributed by atoms with van der Waals surface area (Å²) in [7, 11) is 2.05. The molecule has 1 aromatic rings. The van der Waals surface area contributed by atoms with E-state index < -0.39 is 0 Å². The molecule has 0 heterocycles. The van der Waals surface area contributed by atoms with Crippen LogP contribution in [-0.2, 0) is 6.42 Å². The van der Waals surface area contributed by atoms with Crippen LogP contribution in [0.5, 0.6) is 0 Å². The summed E-state index contributed by atoms with van der Waals surface area (Å²) in [5, 5.41) is 3.43. The van der Waals surface area contributed by atoms with Gasteiger partial charge in [-0.1, -0.05) is 38.1 Å². The van der Waals surface area contributed by atoms with Gasteiger partial charge in [0.25, 0.3) is 0 Å². The molecule has 0 aliphatic heterocycles. The van der Waals surface area contributed by atoms with E-state index in [4.69, 9.17) is 0 Å². The summed E-state index contributed by atoms with van der Waals surface area (Å²) in [5.74, 6) is 0. The second-order valence-corrected chi connectivity index (χ2v) is 5.12. The second-order valence-electron chi connectivity index (χ2n) is 5.12. The van der Waals surface area contributed by atoms with E-state index in [0.717, 1.165) is 19.5 Å². The Morgan fingerprint density at radius 3 is 2.11 bits per heavy atom. The van der Waals surface area contributed by atoms with Gasteiger partial charge in [0.1, 0.15) is 0 Å². The van der Waals surface area contributed by atoms with Crippen LogP contribution in [0.15, 0.2) is 24.3 Å². The number of aryl methyl sites for hydroxylation is 1. The summed E-state index contributed by atoms with van der Waals surface area (Å²) in [6.45, 7) is 11.1. The third kappa shape index (κ3) is 4.11. The molecule has 0 radical (unpaired) electrons. The first kappa shape index (κ1) is 15.2. The predicted octanol–water partition coefficient (Wildman–Crippen LogP) is 3.24. The Morgan fingerprint density at radius 1 is 1.11 bits per heavy atom. The van der Waals surface area contributed by atoms with Crippen molar-refractivity contribution in [3.8, 4) is 0 Å². The summed E-state index contributed by atoms with van der Waals surface area (Å²) in [4.78, 5) is 2.49.